The molecule has 0 saturated carbocycles. The molecule has 0 fully saturated rings. The second kappa shape index (κ2) is 6.21. The van der Waals surface area contributed by atoms with Crippen LogP contribution in [0.15, 0.2) is 12.1 Å². The topological polar surface area (TPSA) is 50.1 Å². The summed E-state index contributed by atoms with van der Waals surface area (Å²) in [6, 6.07) is 4.43. The van der Waals surface area contributed by atoms with E-state index in [1.165, 1.54) is 6.07 Å². The maximum atomic E-state index is 13.5. The molecule has 0 radical (unpaired) electrons. The van der Waals surface area contributed by atoms with Gasteiger partial charge in [0.05, 0.1) is 30.5 Å². The van der Waals surface area contributed by atoms with Gasteiger partial charge in [-0.15, -0.1) is 11.6 Å². The molecule has 0 unspecified atom stereocenters. The van der Waals surface area contributed by atoms with E-state index in [4.69, 9.17) is 21.6 Å². The number of nitriles is 1. The molecule has 90 valence electrons. The molecular formula is C12H11ClFNO2. The summed E-state index contributed by atoms with van der Waals surface area (Å²) in [6.07, 6.45) is -0.115. The molecule has 0 aliphatic carbocycles. The largest absolute Gasteiger partial charge is 0.466 e. The van der Waals surface area contributed by atoms with Crippen molar-refractivity contribution in [1.82, 2.24) is 0 Å². The molecule has 3 nitrogen and oxygen atoms in total. The lowest BCUT2D eigenvalue weighted by molar-refractivity contribution is -0.142. The van der Waals surface area contributed by atoms with E-state index in [0.717, 1.165) is 6.07 Å². The van der Waals surface area contributed by atoms with Crippen molar-refractivity contribution in [1.29, 1.82) is 5.26 Å². The van der Waals surface area contributed by atoms with E-state index in [1.54, 1.807) is 6.92 Å². The van der Waals surface area contributed by atoms with E-state index < -0.39 is 11.8 Å². The molecule has 0 aliphatic rings. The fourth-order valence-electron chi connectivity index (χ4n) is 1.38. The number of rotatable bonds is 4. The summed E-state index contributed by atoms with van der Waals surface area (Å²) in [5.74, 6) is -1.01. The zero-order chi connectivity index (χ0) is 12.8. The van der Waals surface area contributed by atoms with Gasteiger partial charge in [0.15, 0.2) is 0 Å². The third-order valence-electron chi connectivity index (χ3n) is 2.18. The highest BCUT2D eigenvalue weighted by Crippen LogP contribution is 2.18. The number of nitrogens with zero attached hydrogens (tertiary/aromatic N) is 1. The highest BCUT2D eigenvalue weighted by molar-refractivity contribution is 6.17. The van der Waals surface area contributed by atoms with Crippen LogP contribution in [0.3, 0.4) is 0 Å². The van der Waals surface area contributed by atoms with Crippen LogP contribution in [0.2, 0.25) is 0 Å². The predicted octanol–water partition coefficient (Wildman–Crippen LogP) is 2.54. The van der Waals surface area contributed by atoms with Crippen LogP contribution < -0.4 is 0 Å². The first-order valence-electron chi connectivity index (χ1n) is 5.05. The first kappa shape index (κ1) is 13.5. The van der Waals surface area contributed by atoms with Gasteiger partial charge < -0.3 is 4.74 Å². The Balaban J connectivity index is 3.03. The van der Waals surface area contributed by atoms with E-state index in [0.29, 0.717) is 5.56 Å². The quantitative estimate of drug-likeness (QED) is 0.614. The van der Waals surface area contributed by atoms with Crippen LogP contribution in [0.25, 0.3) is 0 Å². The Bertz CT molecular complexity index is 468. The lowest BCUT2D eigenvalue weighted by Gasteiger charge is -2.06. The smallest absolute Gasteiger partial charge is 0.310 e. The summed E-state index contributed by atoms with van der Waals surface area (Å²) in [5, 5.41) is 8.90. The van der Waals surface area contributed by atoms with Gasteiger partial charge in [-0.3, -0.25) is 4.79 Å². The summed E-state index contributed by atoms with van der Waals surface area (Å²) in [4.78, 5) is 11.3. The highest BCUT2D eigenvalue weighted by Gasteiger charge is 2.13. The van der Waals surface area contributed by atoms with Crippen LogP contribution in [0.5, 0.6) is 0 Å². The molecule has 17 heavy (non-hydrogen) atoms. The Hall–Kier alpha value is -1.60. The van der Waals surface area contributed by atoms with E-state index in [9.17, 15) is 9.18 Å². The summed E-state index contributed by atoms with van der Waals surface area (Å²) in [7, 11) is 0. The highest BCUT2D eigenvalue weighted by atomic mass is 35.5. The maximum Gasteiger partial charge on any atom is 0.310 e. The van der Waals surface area contributed by atoms with Gasteiger partial charge in [-0.05, 0) is 24.6 Å². The Labute approximate surface area is 104 Å². The van der Waals surface area contributed by atoms with Gasteiger partial charge in [-0.1, -0.05) is 0 Å². The summed E-state index contributed by atoms with van der Waals surface area (Å²) in [5.41, 5.74) is 0.809. The average Bonchev–Trinajstić information content (AvgIpc) is 2.29. The molecule has 1 aromatic carbocycles. The number of carbonyl (C=O) groups excluding carboxylic acids is 1. The minimum Gasteiger partial charge on any atom is -0.466 e. The van der Waals surface area contributed by atoms with Crippen molar-refractivity contribution in [3.63, 3.8) is 0 Å². The number of hydrogen-bond acceptors (Lipinski definition) is 3. The number of ether oxygens (including phenoxy) is 1. The standard InChI is InChI=1S/C12H11ClFNO2/c1-2-17-12(16)5-8-4-11(14)9(6-13)3-10(8)7-15/h3-4H,2,5-6H2,1H3. The molecule has 0 bridgehead atoms. The van der Waals surface area contributed by atoms with Crippen LogP contribution >= 0.6 is 11.6 Å². The van der Waals surface area contributed by atoms with Crippen molar-refractivity contribution in [2.24, 2.45) is 0 Å². The number of halogens is 2. The molecule has 1 rings (SSSR count). The van der Waals surface area contributed by atoms with Crippen molar-refractivity contribution in [3.05, 3.63) is 34.6 Å². The van der Waals surface area contributed by atoms with Crippen molar-refractivity contribution in [2.75, 3.05) is 6.61 Å². The van der Waals surface area contributed by atoms with Gasteiger partial charge in [0.2, 0.25) is 0 Å². The summed E-state index contributed by atoms with van der Waals surface area (Å²) < 4.78 is 18.2. The minimum absolute atomic E-state index is 0.0137. The van der Waals surface area contributed by atoms with Gasteiger partial charge in [0.1, 0.15) is 5.82 Å². The van der Waals surface area contributed by atoms with Crippen LogP contribution in [0.1, 0.15) is 23.6 Å². The van der Waals surface area contributed by atoms with E-state index in [1.807, 2.05) is 6.07 Å². The molecule has 0 aliphatic heterocycles. The monoisotopic (exact) mass is 255 g/mol. The Morgan fingerprint density at radius 2 is 2.24 bits per heavy atom. The lowest BCUT2D eigenvalue weighted by atomic mass is 10.0. The van der Waals surface area contributed by atoms with E-state index in [2.05, 4.69) is 0 Å². The average molecular weight is 256 g/mol. The van der Waals surface area contributed by atoms with Crippen molar-refractivity contribution < 1.29 is 13.9 Å². The zero-order valence-electron chi connectivity index (χ0n) is 9.30. The Morgan fingerprint density at radius 3 is 2.76 bits per heavy atom. The molecule has 0 amide bonds. The van der Waals surface area contributed by atoms with Crippen molar-refractivity contribution in [3.8, 4) is 6.07 Å². The molecule has 0 aromatic heterocycles. The number of alkyl halides is 1. The van der Waals surface area contributed by atoms with Gasteiger partial charge >= 0.3 is 5.97 Å². The SMILES string of the molecule is CCOC(=O)Cc1cc(F)c(CCl)cc1C#N. The predicted molar refractivity (Wildman–Crippen MR) is 61.0 cm³/mol. The molecular weight excluding hydrogens is 245 g/mol. The second-order valence-corrected chi connectivity index (χ2v) is 3.60. The normalized spacial score (nSPS) is 9.76. The van der Waals surface area contributed by atoms with Crippen LogP contribution in [-0.4, -0.2) is 12.6 Å². The summed E-state index contributed by atoms with van der Waals surface area (Å²) in [6.45, 7) is 1.93. The molecule has 5 heteroatoms. The van der Waals surface area contributed by atoms with Gasteiger partial charge in [-0.25, -0.2) is 4.39 Å². The number of hydrogen-bond donors (Lipinski definition) is 0. The Kier molecular flexibility index (Phi) is 4.92. The van der Waals surface area contributed by atoms with E-state index in [-0.39, 0.29) is 30.0 Å². The van der Waals surface area contributed by atoms with Crippen LogP contribution in [0, 0.1) is 17.1 Å². The third kappa shape index (κ3) is 3.43. The van der Waals surface area contributed by atoms with Crippen molar-refractivity contribution in [2.45, 2.75) is 19.2 Å². The first-order chi connectivity index (χ1) is 8.12. The zero-order valence-corrected chi connectivity index (χ0v) is 10.1. The maximum absolute atomic E-state index is 13.5. The fourth-order valence-corrected chi connectivity index (χ4v) is 1.58. The number of benzene rings is 1. The molecule has 0 heterocycles. The van der Waals surface area contributed by atoms with Crippen molar-refractivity contribution >= 4 is 17.6 Å². The second-order valence-electron chi connectivity index (χ2n) is 3.33. The summed E-state index contributed by atoms with van der Waals surface area (Å²) >= 11 is 5.53. The number of esters is 1. The van der Waals surface area contributed by atoms with Gasteiger partial charge in [0.25, 0.3) is 0 Å². The molecule has 1 aromatic rings. The van der Waals surface area contributed by atoms with Crippen LogP contribution in [-0.2, 0) is 21.8 Å². The molecule has 0 atom stereocenters. The molecule has 0 N–H and O–H groups in total. The van der Waals surface area contributed by atoms with Crippen LogP contribution in [0.4, 0.5) is 4.39 Å². The molecule has 0 saturated heterocycles. The minimum atomic E-state index is -0.515. The molecule has 0 spiro atoms. The first-order valence-corrected chi connectivity index (χ1v) is 5.58. The fraction of sp³-hybridized carbons (Fsp3) is 0.333. The third-order valence-corrected chi connectivity index (χ3v) is 2.46. The Morgan fingerprint density at radius 1 is 1.53 bits per heavy atom. The van der Waals surface area contributed by atoms with Gasteiger partial charge in [0, 0.05) is 5.56 Å². The van der Waals surface area contributed by atoms with E-state index >= 15 is 0 Å². The lowest BCUT2D eigenvalue weighted by Crippen LogP contribution is -2.09. The van der Waals surface area contributed by atoms with Gasteiger partial charge in [-0.2, -0.15) is 5.26 Å². The number of carbonyl (C=O) groups is 1.